The number of phenolic OH excluding ortho intramolecular Hbond substituents is 1. The number of ether oxygens (including phenoxy) is 1. The standard InChI is InChI=1S/C17H25F3N4O2.HI/c1-3-21-16(22-9-12-8-14(26-2)4-5-15(12)25)23-13-6-7-24(10-13)11-17(18,19)20;/h4-5,8,13,25H,3,6-7,9-11H2,1-2H3,(H2,21,22,23);1H. The zero-order valence-electron chi connectivity index (χ0n) is 15.3. The van der Waals surface area contributed by atoms with Crippen molar-refractivity contribution in [3.63, 3.8) is 0 Å². The van der Waals surface area contributed by atoms with E-state index in [9.17, 15) is 18.3 Å². The maximum absolute atomic E-state index is 12.5. The van der Waals surface area contributed by atoms with Crippen LogP contribution in [-0.2, 0) is 6.54 Å². The van der Waals surface area contributed by atoms with Gasteiger partial charge in [-0.15, -0.1) is 24.0 Å². The molecule has 3 N–H and O–H groups in total. The second-order valence-corrected chi connectivity index (χ2v) is 6.17. The van der Waals surface area contributed by atoms with E-state index >= 15 is 0 Å². The van der Waals surface area contributed by atoms with Crippen molar-refractivity contribution in [1.29, 1.82) is 0 Å². The van der Waals surface area contributed by atoms with Crippen molar-refractivity contribution in [3.8, 4) is 11.5 Å². The van der Waals surface area contributed by atoms with Crippen LogP contribution >= 0.6 is 24.0 Å². The van der Waals surface area contributed by atoms with E-state index in [1.54, 1.807) is 12.1 Å². The fourth-order valence-corrected chi connectivity index (χ4v) is 2.84. The molecule has 1 aromatic rings. The van der Waals surface area contributed by atoms with Crippen LogP contribution in [-0.4, -0.2) is 61.5 Å². The van der Waals surface area contributed by atoms with E-state index in [0.717, 1.165) is 0 Å². The van der Waals surface area contributed by atoms with Gasteiger partial charge in [0, 0.05) is 31.2 Å². The van der Waals surface area contributed by atoms with Gasteiger partial charge in [0.1, 0.15) is 11.5 Å². The number of benzene rings is 1. The molecule has 6 nitrogen and oxygen atoms in total. The summed E-state index contributed by atoms with van der Waals surface area (Å²) in [5.41, 5.74) is 0.603. The third-order valence-electron chi connectivity index (χ3n) is 4.05. The predicted molar refractivity (Wildman–Crippen MR) is 109 cm³/mol. The molecule has 0 bridgehead atoms. The minimum Gasteiger partial charge on any atom is -0.508 e. The summed E-state index contributed by atoms with van der Waals surface area (Å²) in [5.74, 6) is 1.24. The molecule has 0 aliphatic carbocycles. The van der Waals surface area contributed by atoms with Crippen LogP contribution in [0.3, 0.4) is 0 Å². The molecule has 1 unspecified atom stereocenters. The fraction of sp³-hybridized carbons (Fsp3) is 0.588. The number of likely N-dealkylation sites (tertiary alicyclic amines) is 1. The minimum atomic E-state index is -4.18. The molecule has 27 heavy (non-hydrogen) atoms. The Balaban J connectivity index is 0.00000364. The highest BCUT2D eigenvalue weighted by atomic mass is 127. The van der Waals surface area contributed by atoms with E-state index in [0.29, 0.717) is 43.3 Å². The number of guanidine groups is 1. The number of halogens is 4. The number of hydrogen-bond donors (Lipinski definition) is 3. The molecule has 1 saturated heterocycles. The summed E-state index contributed by atoms with van der Waals surface area (Å²) >= 11 is 0. The Kier molecular flexibility index (Phi) is 9.43. The normalized spacial score (nSPS) is 18.1. The van der Waals surface area contributed by atoms with Crippen LogP contribution in [0.2, 0.25) is 0 Å². The van der Waals surface area contributed by atoms with Crippen LogP contribution in [0.1, 0.15) is 18.9 Å². The number of alkyl halides is 3. The highest BCUT2D eigenvalue weighted by molar-refractivity contribution is 14.0. The van der Waals surface area contributed by atoms with Gasteiger partial charge in [0.25, 0.3) is 0 Å². The molecule has 1 aromatic carbocycles. The number of hydrogen-bond acceptors (Lipinski definition) is 4. The molecule has 1 aliphatic heterocycles. The maximum atomic E-state index is 12.5. The Morgan fingerprint density at radius 1 is 1.41 bits per heavy atom. The smallest absolute Gasteiger partial charge is 0.401 e. The highest BCUT2D eigenvalue weighted by Crippen LogP contribution is 2.23. The van der Waals surface area contributed by atoms with Crippen LogP contribution in [0.25, 0.3) is 0 Å². The monoisotopic (exact) mass is 502 g/mol. The first-order valence-electron chi connectivity index (χ1n) is 8.50. The first-order chi connectivity index (χ1) is 12.3. The molecule has 2 rings (SSSR count). The van der Waals surface area contributed by atoms with Gasteiger partial charge in [-0.1, -0.05) is 0 Å². The van der Waals surface area contributed by atoms with Gasteiger partial charge in [0.05, 0.1) is 20.2 Å². The Morgan fingerprint density at radius 2 is 2.15 bits per heavy atom. The van der Waals surface area contributed by atoms with Crippen LogP contribution in [0.15, 0.2) is 23.2 Å². The molecule has 0 amide bonds. The molecule has 1 aliphatic rings. The number of phenols is 1. The van der Waals surface area contributed by atoms with Crippen molar-refractivity contribution in [1.82, 2.24) is 15.5 Å². The lowest BCUT2D eigenvalue weighted by Gasteiger charge is -2.19. The van der Waals surface area contributed by atoms with E-state index in [2.05, 4.69) is 15.6 Å². The van der Waals surface area contributed by atoms with Crippen molar-refractivity contribution in [3.05, 3.63) is 23.8 Å². The van der Waals surface area contributed by atoms with Crippen molar-refractivity contribution in [2.24, 2.45) is 4.99 Å². The van der Waals surface area contributed by atoms with E-state index in [4.69, 9.17) is 4.74 Å². The minimum absolute atomic E-state index is 0. The summed E-state index contributed by atoms with van der Waals surface area (Å²) in [6.07, 6.45) is -3.57. The van der Waals surface area contributed by atoms with Crippen molar-refractivity contribution in [2.75, 3.05) is 33.3 Å². The van der Waals surface area contributed by atoms with Gasteiger partial charge in [0.2, 0.25) is 0 Å². The summed E-state index contributed by atoms with van der Waals surface area (Å²) in [6.45, 7) is 2.56. The third-order valence-corrected chi connectivity index (χ3v) is 4.05. The predicted octanol–water partition coefficient (Wildman–Crippen LogP) is 2.71. The molecule has 10 heteroatoms. The Morgan fingerprint density at radius 3 is 2.78 bits per heavy atom. The quantitative estimate of drug-likeness (QED) is 0.317. The van der Waals surface area contributed by atoms with E-state index < -0.39 is 12.7 Å². The van der Waals surface area contributed by atoms with Gasteiger partial charge in [-0.25, -0.2) is 4.99 Å². The van der Waals surface area contributed by atoms with Crippen LogP contribution < -0.4 is 15.4 Å². The van der Waals surface area contributed by atoms with Crippen LogP contribution in [0, 0.1) is 0 Å². The molecule has 0 aromatic heterocycles. The zero-order chi connectivity index (χ0) is 19.2. The molecule has 0 radical (unpaired) electrons. The SMILES string of the molecule is CCNC(=NCc1cc(OC)ccc1O)NC1CCN(CC(F)(F)F)C1.I. The molecular weight excluding hydrogens is 476 g/mol. The summed E-state index contributed by atoms with van der Waals surface area (Å²) in [7, 11) is 1.54. The van der Waals surface area contributed by atoms with Gasteiger partial charge in [-0.2, -0.15) is 13.2 Å². The summed E-state index contributed by atoms with van der Waals surface area (Å²) in [5, 5.41) is 16.2. The molecular formula is C17H26F3IN4O2. The fourth-order valence-electron chi connectivity index (χ4n) is 2.84. The van der Waals surface area contributed by atoms with Gasteiger partial charge in [-0.05, 0) is 31.5 Å². The number of methoxy groups -OCH3 is 1. The molecule has 1 heterocycles. The van der Waals surface area contributed by atoms with E-state index in [1.807, 2.05) is 6.92 Å². The lowest BCUT2D eigenvalue weighted by Crippen LogP contribution is -2.45. The van der Waals surface area contributed by atoms with Crippen LogP contribution in [0.4, 0.5) is 13.2 Å². The summed E-state index contributed by atoms with van der Waals surface area (Å²) in [6, 6.07) is 4.78. The van der Waals surface area contributed by atoms with Gasteiger partial charge < -0.3 is 20.5 Å². The Labute approximate surface area is 174 Å². The third kappa shape index (κ3) is 7.99. The first kappa shape index (κ1) is 23.6. The number of nitrogens with one attached hydrogen (secondary N) is 2. The number of aliphatic imine (C=N–C) groups is 1. The molecule has 1 atom stereocenters. The van der Waals surface area contributed by atoms with Crippen molar-refractivity contribution in [2.45, 2.75) is 32.1 Å². The maximum Gasteiger partial charge on any atom is 0.401 e. The second-order valence-electron chi connectivity index (χ2n) is 6.17. The molecule has 0 saturated carbocycles. The van der Waals surface area contributed by atoms with Gasteiger partial charge in [-0.3, -0.25) is 4.90 Å². The number of rotatable bonds is 6. The summed E-state index contributed by atoms with van der Waals surface area (Å²) < 4.78 is 42.6. The first-order valence-corrected chi connectivity index (χ1v) is 8.50. The topological polar surface area (TPSA) is 69.1 Å². The molecule has 154 valence electrons. The Bertz CT molecular complexity index is 629. The van der Waals surface area contributed by atoms with E-state index in [-0.39, 0.29) is 42.3 Å². The second kappa shape index (κ2) is 10.8. The van der Waals surface area contributed by atoms with Crippen molar-refractivity contribution >= 4 is 29.9 Å². The average Bonchev–Trinajstić information content (AvgIpc) is 2.99. The average molecular weight is 502 g/mol. The molecule has 0 spiro atoms. The molecule has 1 fully saturated rings. The number of nitrogens with zero attached hydrogens (tertiary/aromatic N) is 2. The van der Waals surface area contributed by atoms with Crippen LogP contribution in [0.5, 0.6) is 11.5 Å². The lowest BCUT2D eigenvalue weighted by molar-refractivity contribution is -0.143. The number of aromatic hydroxyl groups is 1. The lowest BCUT2D eigenvalue weighted by atomic mass is 10.2. The Hall–Kier alpha value is -1.43. The zero-order valence-corrected chi connectivity index (χ0v) is 17.7. The highest BCUT2D eigenvalue weighted by Gasteiger charge is 2.34. The van der Waals surface area contributed by atoms with Gasteiger partial charge in [0.15, 0.2) is 5.96 Å². The van der Waals surface area contributed by atoms with E-state index in [1.165, 1.54) is 18.1 Å². The van der Waals surface area contributed by atoms with Crippen molar-refractivity contribution < 1.29 is 23.0 Å². The summed E-state index contributed by atoms with van der Waals surface area (Å²) in [4.78, 5) is 5.81. The largest absolute Gasteiger partial charge is 0.508 e. The van der Waals surface area contributed by atoms with Gasteiger partial charge >= 0.3 is 6.18 Å².